The molecule has 0 radical (unpaired) electrons. The van der Waals surface area contributed by atoms with E-state index in [1.165, 1.54) is 0 Å². The summed E-state index contributed by atoms with van der Waals surface area (Å²) in [6.07, 6.45) is 1.61. The molecule has 1 aromatic rings. The van der Waals surface area contributed by atoms with E-state index >= 15 is 0 Å². The van der Waals surface area contributed by atoms with E-state index in [1.807, 2.05) is 0 Å². The smallest absolute Gasteiger partial charge is 0.249 e. The van der Waals surface area contributed by atoms with Gasteiger partial charge in [0.15, 0.2) is 0 Å². The molecule has 0 saturated carbocycles. The summed E-state index contributed by atoms with van der Waals surface area (Å²) >= 11 is 0. The van der Waals surface area contributed by atoms with Gasteiger partial charge < -0.3 is 16.8 Å². The van der Waals surface area contributed by atoms with Crippen LogP contribution in [0.3, 0.4) is 0 Å². The third-order valence-electron chi connectivity index (χ3n) is 4.24. The van der Waals surface area contributed by atoms with Crippen molar-refractivity contribution in [3.63, 3.8) is 0 Å². The number of carbonyl (C=O) groups is 2. The van der Waals surface area contributed by atoms with Crippen LogP contribution in [0.4, 0.5) is 0 Å². The normalized spacial score (nSPS) is 20.5. The van der Waals surface area contributed by atoms with Gasteiger partial charge in [-0.05, 0) is 64.2 Å². The van der Waals surface area contributed by atoms with E-state index in [-0.39, 0.29) is 17.0 Å². The van der Waals surface area contributed by atoms with Crippen LogP contribution in [-0.4, -0.2) is 22.9 Å². The fraction of sp³-hybridized carbons (Fsp3) is 0.529. The average molecular weight is 303 g/mol. The summed E-state index contributed by atoms with van der Waals surface area (Å²) < 4.78 is 0. The number of primary amides is 2. The number of hydrogen-bond acceptors (Lipinski definition) is 3. The Hall–Kier alpha value is -1.88. The summed E-state index contributed by atoms with van der Waals surface area (Å²) in [4.78, 5) is 23.6. The van der Waals surface area contributed by atoms with E-state index in [4.69, 9.17) is 11.5 Å². The van der Waals surface area contributed by atoms with Gasteiger partial charge in [-0.15, -0.1) is 0 Å². The molecule has 1 aliphatic rings. The van der Waals surface area contributed by atoms with E-state index in [9.17, 15) is 9.59 Å². The molecule has 1 aliphatic heterocycles. The topological polar surface area (TPSA) is 98.2 Å². The molecule has 0 atom stereocenters. The van der Waals surface area contributed by atoms with Gasteiger partial charge in [0, 0.05) is 22.2 Å². The Balaban J connectivity index is 2.59. The number of hydrogen-bond donors (Lipinski definition) is 3. The van der Waals surface area contributed by atoms with Crippen LogP contribution >= 0.6 is 0 Å². The Labute approximate surface area is 131 Å². The maximum absolute atomic E-state index is 11.8. The van der Waals surface area contributed by atoms with Crippen LogP contribution in [0.15, 0.2) is 18.2 Å². The Kier molecular flexibility index (Phi) is 4.04. The van der Waals surface area contributed by atoms with Crippen molar-refractivity contribution in [2.24, 2.45) is 11.5 Å². The van der Waals surface area contributed by atoms with Crippen LogP contribution in [-0.2, 0) is 0 Å². The van der Waals surface area contributed by atoms with Gasteiger partial charge in [0.25, 0.3) is 0 Å². The second kappa shape index (κ2) is 5.39. The first-order chi connectivity index (χ1) is 10.0. The molecular formula is C17H25N3O2. The first-order valence-corrected chi connectivity index (χ1v) is 7.54. The second-order valence-electron chi connectivity index (χ2n) is 7.49. The zero-order chi connectivity index (χ0) is 16.7. The van der Waals surface area contributed by atoms with Crippen molar-refractivity contribution in [3.8, 4) is 0 Å². The quantitative estimate of drug-likeness (QED) is 0.795. The van der Waals surface area contributed by atoms with Crippen LogP contribution in [0.1, 0.15) is 72.7 Å². The molecule has 1 saturated heterocycles. The Morgan fingerprint density at radius 1 is 1.00 bits per heavy atom. The summed E-state index contributed by atoms with van der Waals surface area (Å²) in [5, 5.41) is 3.60. The standard InChI is InChI=1S/C17H25N3O2/c1-16(2)8-10(9-17(3,4)20-16)13-11(14(18)21)6-5-7-12(13)15(19)22/h5-7,10,20H,8-9H2,1-4H3,(H2,18,21)(H2,19,22). The van der Waals surface area contributed by atoms with Crippen molar-refractivity contribution in [2.75, 3.05) is 0 Å². The number of amides is 2. The van der Waals surface area contributed by atoms with Gasteiger partial charge in [-0.2, -0.15) is 0 Å². The molecule has 22 heavy (non-hydrogen) atoms. The van der Waals surface area contributed by atoms with Crippen LogP contribution in [0.5, 0.6) is 0 Å². The van der Waals surface area contributed by atoms with Gasteiger partial charge in [-0.25, -0.2) is 0 Å². The number of nitrogens with two attached hydrogens (primary N) is 2. The van der Waals surface area contributed by atoms with Crippen molar-refractivity contribution in [1.82, 2.24) is 5.32 Å². The molecule has 1 heterocycles. The lowest BCUT2D eigenvalue weighted by atomic mass is 9.71. The fourth-order valence-corrected chi connectivity index (χ4v) is 3.96. The number of piperidine rings is 1. The summed E-state index contributed by atoms with van der Waals surface area (Å²) in [5.41, 5.74) is 12.3. The molecule has 1 aromatic carbocycles. The van der Waals surface area contributed by atoms with Crippen molar-refractivity contribution in [1.29, 1.82) is 0 Å². The highest BCUT2D eigenvalue weighted by Crippen LogP contribution is 2.41. The predicted molar refractivity (Wildman–Crippen MR) is 86.7 cm³/mol. The minimum Gasteiger partial charge on any atom is -0.366 e. The first-order valence-electron chi connectivity index (χ1n) is 7.54. The van der Waals surface area contributed by atoms with Crippen LogP contribution < -0.4 is 16.8 Å². The summed E-state index contributed by atoms with van der Waals surface area (Å²) in [6, 6.07) is 5.00. The highest BCUT2D eigenvalue weighted by atomic mass is 16.1. The Morgan fingerprint density at radius 3 is 1.77 bits per heavy atom. The van der Waals surface area contributed by atoms with E-state index < -0.39 is 11.8 Å². The van der Waals surface area contributed by atoms with Gasteiger partial charge >= 0.3 is 0 Å². The van der Waals surface area contributed by atoms with Gasteiger partial charge in [0.05, 0.1) is 0 Å². The highest BCUT2D eigenvalue weighted by molar-refractivity contribution is 6.01. The zero-order valence-electron chi connectivity index (χ0n) is 13.7. The molecule has 0 bridgehead atoms. The molecule has 0 spiro atoms. The van der Waals surface area contributed by atoms with Crippen LogP contribution in [0, 0.1) is 0 Å². The lowest BCUT2D eigenvalue weighted by Gasteiger charge is -2.47. The van der Waals surface area contributed by atoms with Crippen molar-refractivity contribution < 1.29 is 9.59 Å². The number of carbonyl (C=O) groups excluding carboxylic acids is 2. The Morgan fingerprint density at radius 2 is 1.41 bits per heavy atom. The van der Waals surface area contributed by atoms with Crippen molar-refractivity contribution in [3.05, 3.63) is 34.9 Å². The maximum Gasteiger partial charge on any atom is 0.249 e. The molecule has 0 aliphatic carbocycles. The van der Waals surface area contributed by atoms with Gasteiger partial charge in [0.1, 0.15) is 0 Å². The molecule has 5 heteroatoms. The van der Waals surface area contributed by atoms with E-state index in [2.05, 4.69) is 33.0 Å². The minimum absolute atomic E-state index is 0.0532. The molecular weight excluding hydrogens is 278 g/mol. The predicted octanol–water partition coefficient (Wildman–Crippen LogP) is 1.91. The van der Waals surface area contributed by atoms with Crippen molar-refractivity contribution in [2.45, 2.75) is 57.5 Å². The lowest BCUT2D eigenvalue weighted by molar-refractivity contribution is 0.0992. The molecule has 5 N–H and O–H groups in total. The summed E-state index contributed by atoms with van der Waals surface area (Å²) in [7, 11) is 0. The molecule has 2 amide bonds. The largest absolute Gasteiger partial charge is 0.366 e. The highest BCUT2D eigenvalue weighted by Gasteiger charge is 2.40. The number of benzene rings is 1. The van der Waals surface area contributed by atoms with Gasteiger partial charge in [0.2, 0.25) is 11.8 Å². The zero-order valence-corrected chi connectivity index (χ0v) is 13.7. The van der Waals surface area contributed by atoms with Crippen LogP contribution in [0.25, 0.3) is 0 Å². The van der Waals surface area contributed by atoms with Crippen LogP contribution in [0.2, 0.25) is 0 Å². The molecule has 0 unspecified atom stereocenters. The minimum atomic E-state index is -0.521. The monoisotopic (exact) mass is 303 g/mol. The van der Waals surface area contributed by atoms with Gasteiger partial charge in [-0.3, -0.25) is 9.59 Å². The summed E-state index contributed by atoms with van der Waals surface area (Å²) in [5.74, 6) is -0.989. The fourth-order valence-electron chi connectivity index (χ4n) is 3.96. The van der Waals surface area contributed by atoms with E-state index in [0.717, 1.165) is 12.8 Å². The first kappa shape index (κ1) is 16.5. The molecule has 120 valence electrons. The maximum atomic E-state index is 11.8. The molecule has 2 rings (SSSR count). The second-order valence-corrected chi connectivity index (χ2v) is 7.49. The molecule has 5 nitrogen and oxygen atoms in total. The van der Waals surface area contributed by atoms with E-state index in [0.29, 0.717) is 16.7 Å². The molecule has 0 aromatic heterocycles. The number of nitrogens with one attached hydrogen (secondary N) is 1. The average Bonchev–Trinajstić information content (AvgIpc) is 2.33. The van der Waals surface area contributed by atoms with E-state index in [1.54, 1.807) is 18.2 Å². The SMILES string of the molecule is CC1(C)CC(c2c(C(N)=O)cccc2C(N)=O)CC(C)(C)N1. The molecule has 1 fully saturated rings. The lowest BCUT2D eigenvalue weighted by Crippen LogP contribution is -2.57. The Bertz CT molecular complexity index is 572. The summed E-state index contributed by atoms with van der Waals surface area (Å²) in [6.45, 7) is 8.49. The van der Waals surface area contributed by atoms with Crippen molar-refractivity contribution >= 4 is 11.8 Å². The third kappa shape index (κ3) is 3.30. The van der Waals surface area contributed by atoms with Gasteiger partial charge in [-0.1, -0.05) is 6.07 Å². The number of rotatable bonds is 3. The third-order valence-corrected chi connectivity index (χ3v) is 4.24.